The Labute approximate surface area is 113 Å². The summed E-state index contributed by atoms with van der Waals surface area (Å²) in [6, 6.07) is 4.33. The molecule has 4 rings (SSSR count). The summed E-state index contributed by atoms with van der Waals surface area (Å²) in [5.41, 5.74) is -0.319. The van der Waals surface area contributed by atoms with Gasteiger partial charge in [0.2, 0.25) is 0 Å². The van der Waals surface area contributed by atoms with Crippen LogP contribution >= 0.6 is 11.3 Å². The van der Waals surface area contributed by atoms with Gasteiger partial charge in [0.15, 0.2) is 0 Å². The molecule has 3 saturated carbocycles. The van der Waals surface area contributed by atoms with Gasteiger partial charge in [0.1, 0.15) is 0 Å². The first-order chi connectivity index (χ1) is 8.76. The zero-order valence-corrected chi connectivity index (χ0v) is 11.7. The van der Waals surface area contributed by atoms with E-state index in [4.69, 9.17) is 0 Å². The van der Waals surface area contributed by atoms with E-state index in [1.807, 2.05) is 11.3 Å². The van der Waals surface area contributed by atoms with Crippen LogP contribution in [0.2, 0.25) is 0 Å². The quantitative estimate of drug-likeness (QED) is 0.877. The second-order valence-corrected chi connectivity index (χ2v) is 7.78. The summed E-state index contributed by atoms with van der Waals surface area (Å²) < 4.78 is 0. The topological polar surface area (TPSA) is 20.2 Å². The summed E-state index contributed by atoms with van der Waals surface area (Å²) in [6.45, 7) is 0. The van der Waals surface area contributed by atoms with Gasteiger partial charge in [-0.2, -0.15) is 0 Å². The maximum Gasteiger partial charge on any atom is 0.0684 e. The highest BCUT2D eigenvalue weighted by Gasteiger charge is 2.59. The van der Waals surface area contributed by atoms with Crippen molar-refractivity contribution in [3.05, 3.63) is 22.4 Å². The monoisotopic (exact) mass is 262 g/mol. The van der Waals surface area contributed by atoms with Crippen LogP contribution < -0.4 is 0 Å². The van der Waals surface area contributed by atoms with E-state index < -0.39 is 0 Å². The van der Waals surface area contributed by atoms with Crippen molar-refractivity contribution in [2.24, 2.45) is 23.7 Å². The lowest BCUT2D eigenvalue weighted by molar-refractivity contribution is -0.0514. The van der Waals surface area contributed by atoms with Gasteiger partial charge in [-0.3, -0.25) is 0 Å². The Balaban J connectivity index is 1.48. The maximum atomic E-state index is 11.0. The predicted octanol–water partition coefficient (Wildman–Crippen LogP) is 3.87. The van der Waals surface area contributed by atoms with E-state index in [0.717, 1.165) is 37.0 Å². The number of rotatable bonds is 3. The fourth-order valence-electron chi connectivity index (χ4n) is 5.32. The third-order valence-electron chi connectivity index (χ3n) is 5.99. The molecule has 1 N–H and O–H groups in total. The van der Waals surface area contributed by atoms with Crippen molar-refractivity contribution in [3.8, 4) is 0 Å². The van der Waals surface area contributed by atoms with Crippen LogP contribution in [0.1, 0.15) is 43.4 Å². The Hall–Kier alpha value is -0.340. The van der Waals surface area contributed by atoms with Crippen molar-refractivity contribution in [2.45, 2.75) is 50.5 Å². The van der Waals surface area contributed by atoms with Crippen LogP contribution in [0.3, 0.4) is 0 Å². The van der Waals surface area contributed by atoms with E-state index in [1.54, 1.807) is 0 Å². The third kappa shape index (κ3) is 1.61. The zero-order valence-electron chi connectivity index (χ0n) is 10.8. The van der Waals surface area contributed by atoms with Crippen LogP contribution in [-0.2, 0) is 6.42 Å². The van der Waals surface area contributed by atoms with Crippen molar-refractivity contribution in [3.63, 3.8) is 0 Å². The SMILES string of the molecule is OC1(CCc2cccs2)CC2CC1C1CCCC21. The van der Waals surface area contributed by atoms with Crippen LogP contribution in [0.5, 0.6) is 0 Å². The smallest absolute Gasteiger partial charge is 0.0684 e. The second kappa shape index (κ2) is 4.08. The lowest BCUT2D eigenvalue weighted by atomic mass is 9.71. The fourth-order valence-corrected chi connectivity index (χ4v) is 6.03. The zero-order chi connectivity index (χ0) is 12.2. The van der Waals surface area contributed by atoms with E-state index in [0.29, 0.717) is 5.92 Å². The molecule has 3 fully saturated rings. The van der Waals surface area contributed by atoms with Crippen LogP contribution in [-0.4, -0.2) is 10.7 Å². The van der Waals surface area contributed by atoms with E-state index in [1.165, 1.54) is 30.6 Å². The summed E-state index contributed by atoms with van der Waals surface area (Å²) in [5, 5.41) is 13.2. The summed E-state index contributed by atoms with van der Waals surface area (Å²) in [5.74, 6) is 3.35. The van der Waals surface area contributed by atoms with E-state index in [9.17, 15) is 5.11 Å². The molecule has 98 valence electrons. The van der Waals surface area contributed by atoms with Gasteiger partial charge in [-0.1, -0.05) is 12.5 Å². The average molecular weight is 262 g/mol. The summed E-state index contributed by atoms with van der Waals surface area (Å²) in [7, 11) is 0. The van der Waals surface area contributed by atoms with E-state index in [2.05, 4.69) is 17.5 Å². The Bertz CT molecular complexity index is 426. The molecule has 3 aliphatic rings. The first-order valence-electron chi connectivity index (χ1n) is 7.51. The van der Waals surface area contributed by atoms with Crippen molar-refractivity contribution >= 4 is 11.3 Å². The molecule has 0 aromatic carbocycles. The molecule has 0 radical (unpaired) electrons. The number of aliphatic hydroxyl groups is 1. The van der Waals surface area contributed by atoms with Gasteiger partial charge in [-0.15, -0.1) is 11.3 Å². The average Bonchev–Trinajstić information content (AvgIpc) is 3.09. The Kier molecular flexibility index (Phi) is 2.60. The molecule has 5 unspecified atom stereocenters. The van der Waals surface area contributed by atoms with Gasteiger partial charge in [0, 0.05) is 4.88 Å². The number of aryl methyl sites for hydroxylation is 1. The molecule has 0 saturated heterocycles. The van der Waals surface area contributed by atoms with Crippen LogP contribution in [0, 0.1) is 23.7 Å². The normalized spacial score (nSPS) is 45.6. The number of hydrogen-bond donors (Lipinski definition) is 1. The number of hydrogen-bond acceptors (Lipinski definition) is 2. The van der Waals surface area contributed by atoms with Crippen molar-refractivity contribution in [1.82, 2.24) is 0 Å². The highest BCUT2D eigenvalue weighted by molar-refractivity contribution is 7.09. The van der Waals surface area contributed by atoms with Gasteiger partial charge in [-0.05, 0) is 73.6 Å². The van der Waals surface area contributed by atoms with Crippen molar-refractivity contribution < 1.29 is 5.11 Å². The number of thiophene rings is 1. The molecule has 18 heavy (non-hydrogen) atoms. The lowest BCUT2D eigenvalue weighted by Gasteiger charge is -2.39. The Morgan fingerprint density at radius 2 is 2.22 bits per heavy atom. The highest BCUT2D eigenvalue weighted by Crippen LogP contribution is 2.63. The predicted molar refractivity (Wildman–Crippen MR) is 74.6 cm³/mol. The standard InChI is InChI=1S/C16H22OS/c17-16(7-6-12-3-2-8-18-12)10-11-9-15(16)14-5-1-4-13(11)14/h2-3,8,11,13-15,17H,1,4-7,9-10H2. The van der Waals surface area contributed by atoms with Crippen molar-refractivity contribution in [1.29, 1.82) is 0 Å². The summed E-state index contributed by atoms with van der Waals surface area (Å²) >= 11 is 1.83. The number of fused-ring (bicyclic) bond motifs is 5. The minimum absolute atomic E-state index is 0.319. The molecule has 0 spiro atoms. The fraction of sp³-hybridized carbons (Fsp3) is 0.750. The van der Waals surface area contributed by atoms with Gasteiger partial charge >= 0.3 is 0 Å². The van der Waals surface area contributed by atoms with Gasteiger partial charge in [0.05, 0.1) is 5.60 Å². The third-order valence-corrected chi connectivity index (χ3v) is 6.93. The molecule has 2 heteroatoms. The highest BCUT2D eigenvalue weighted by atomic mass is 32.1. The molecule has 1 heterocycles. The molecule has 0 aliphatic heterocycles. The molecule has 5 atom stereocenters. The van der Waals surface area contributed by atoms with Gasteiger partial charge in [-0.25, -0.2) is 0 Å². The van der Waals surface area contributed by atoms with E-state index in [-0.39, 0.29) is 5.60 Å². The molecular formula is C16H22OS. The first-order valence-corrected chi connectivity index (χ1v) is 8.39. The maximum absolute atomic E-state index is 11.0. The minimum Gasteiger partial charge on any atom is -0.390 e. The second-order valence-electron chi connectivity index (χ2n) is 6.75. The van der Waals surface area contributed by atoms with E-state index >= 15 is 0 Å². The minimum atomic E-state index is -0.319. The largest absolute Gasteiger partial charge is 0.390 e. The Morgan fingerprint density at radius 3 is 3.06 bits per heavy atom. The van der Waals surface area contributed by atoms with Crippen LogP contribution in [0.25, 0.3) is 0 Å². The van der Waals surface area contributed by atoms with Gasteiger partial charge < -0.3 is 5.11 Å². The summed E-state index contributed by atoms with van der Waals surface area (Å²) in [6.07, 6.45) is 8.77. The first kappa shape index (κ1) is 11.5. The van der Waals surface area contributed by atoms with Crippen LogP contribution in [0.4, 0.5) is 0 Å². The molecular weight excluding hydrogens is 240 g/mol. The molecule has 2 bridgehead atoms. The Morgan fingerprint density at radius 1 is 1.33 bits per heavy atom. The molecule has 1 aromatic rings. The van der Waals surface area contributed by atoms with Gasteiger partial charge in [0.25, 0.3) is 0 Å². The molecule has 0 amide bonds. The molecule has 1 aromatic heterocycles. The van der Waals surface area contributed by atoms with Crippen molar-refractivity contribution in [2.75, 3.05) is 0 Å². The molecule has 3 aliphatic carbocycles. The summed E-state index contributed by atoms with van der Waals surface area (Å²) in [4.78, 5) is 1.44. The van der Waals surface area contributed by atoms with Crippen LogP contribution in [0.15, 0.2) is 17.5 Å². The lowest BCUT2D eigenvalue weighted by Crippen LogP contribution is -2.41. The molecule has 1 nitrogen and oxygen atoms in total.